The normalized spacial score (nSPS) is 12.3. The van der Waals surface area contributed by atoms with Gasteiger partial charge in [-0.05, 0) is 0 Å². The van der Waals surface area contributed by atoms with Crippen LogP contribution >= 0.6 is 22.9 Å². The maximum atomic E-state index is 12.3. The molecule has 0 atom stereocenters. The van der Waals surface area contributed by atoms with Crippen molar-refractivity contribution in [1.29, 1.82) is 0 Å². The zero-order valence-corrected chi connectivity index (χ0v) is 12.7. The highest BCUT2D eigenvalue weighted by Crippen LogP contribution is 2.25. The molecule has 0 unspecified atom stereocenters. The van der Waals surface area contributed by atoms with Gasteiger partial charge in [-0.1, -0.05) is 11.6 Å². The standard InChI is InChI=1S/C10H10ClN5O2S2/c1-15-3-2-12-7(15)6-13-20(17,18)9-8(11)14-10-16(9)4-5-19-10/h2-5,13H,6H2,1H3. The number of fused-ring (bicyclic) bond motifs is 1. The third kappa shape index (κ3) is 2.22. The highest BCUT2D eigenvalue weighted by atomic mass is 35.5. The van der Waals surface area contributed by atoms with Crippen molar-refractivity contribution in [3.8, 4) is 0 Å². The van der Waals surface area contributed by atoms with E-state index >= 15 is 0 Å². The predicted octanol–water partition coefficient (Wildman–Crippen LogP) is 1.26. The number of aryl methyl sites for hydroxylation is 1. The van der Waals surface area contributed by atoms with E-state index in [2.05, 4.69) is 14.7 Å². The van der Waals surface area contributed by atoms with Gasteiger partial charge in [0.1, 0.15) is 5.82 Å². The smallest absolute Gasteiger partial charge is 0.260 e. The van der Waals surface area contributed by atoms with E-state index in [1.165, 1.54) is 15.7 Å². The Bertz CT molecular complexity index is 863. The van der Waals surface area contributed by atoms with Crippen molar-refractivity contribution in [1.82, 2.24) is 23.7 Å². The van der Waals surface area contributed by atoms with E-state index in [0.29, 0.717) is 10.8 Å². The lowest BCUT2D eigenvalue weighted by Crippen LogP contribution is -2.26. The summed E-state index contributed by atoms with van der Waals surface area (Å²) in [4.78, 5) is 8.60. The monoisotopic (exact) mass is 331 g/mol. The molecule has 0 saturated heterocycles. The summed E-state index contributed by atoms with van der Waals surface area (Å²) in [6.07, 6.45) is 4.97. The fourth-order valence-corrected chi connectivity index (χ4v) is 4.20. The minimum absolute atomic E-state index is 0.0378. The first-order valence-electron chi connectivity index (χ1n) is 5.56. The van der Waals surface area contributed by atoms with Gasteiger partial charge in [0.2, 0.25) is 0 Å². The summed E-state index contributed by atoms with van der Waals surface area (Å²) in [5.74, 6) is 0.607. The van der Waals surface area contributed by atoms with Crippen LogP contribution in [-0.2, 0) is 23.6 Å². The molecule has 20 heavy (non-hydrogen) atoms. The summed E-state index contributed by atoms with van der Waals surface area (Å²) in [6, 6.07) is 0. The maximum absolute atomic E-state index is 12.3. The number of halogens is 1. The minimum atomic E-state index is -3.77. The molecule has 0 aliphatic rings. The van der Waals surface area contributed by atoms with Crippen molar-refractivity contribution in [2.75, 3.05) is 0 Å². The number of imidazole rings is 2. The number of nitrogens with one attached hydrogen (secondary N) is 1. The van der Waals surface area contributed by atoms with E-state index in [4.69, 9.17) is 11.6 Å². The summed E-state index contributed by atoms with van der Waals surface area (Å²) in [6.45, 7) is 0.0829. The Morgan fingerprint density at radius 1 is 1.45 bits per heavy atom. The van der Waals surface area contributed by atoms with E-state index in [1.54, 1.807) is 35.6 Å². The molecule has 10 heteroatoms. The zero-order chi connectivity index (χ0) is 14.3. The first-order valence-corrected chi connectivity index (χ1v) is 8.30. The third-order valence-electron chi connectivity index (χ3n) is 2.77. The van der Waals surface area contributed by atoms with Crippen molar-refractivity contribution < 1.29 is 8.42 Å². The van der Waals surface area contributed by atoms with Gasteiger partial charge in [-0.25, -0.2) is 23.1 Å². The van der Waals surface area contributed by atoms with Crippen molar-refractivity contribution in [2.45, 2.75) is 11.6 Å². The Morgan fingerprint density at radius 3 is 2.95 bits per heavy atom. The predicted molar refractivity (Wildman–Crippen MR) is 75.3 cm³/mol. The lowest BCUT2D eigenvalue weighted by molar-refractivity contribution is 0.573. The summed E-state index contributed by atoms with van der Waals surface area (Å²) >= 11 is 7.24. The highest BCUT2D eigenvalue weighted by Gasteiger charge is 2.25. The molecule has 0 saturated carbocycles. The van der Waals surface area contributed by atoms with Crippen LogP contribution in [-0.4, -0.2) is 27.4 Å². The summed E-state index contributed by atoms with van der Waals surface area (Å²) in [7, 11) is -1.97. The van der Waals surface area contributed by atoms with Crippen LogP contribution < -0.4 is 4.72 Å². The Labute approximate surface area is 123 Å². The van der Waals surface area contributed by atoms with Gasteiger partial charge in [-0.2, -0.15) is 0 Å². The van der Waals surface area contributed by atoms with Crippen molar-refractivity contribution in [2.24, 2.45) is 7.05 Å². The van der Waals surface area contributed by atoms with Crippen molar-refractivity contribution in [3.05, 3.63) is 34.9 Å². The number of hydrogen-bond acceptors (Lipinski definition) is 5. The molecule has 0 spiro atoms. The number of hydrogen-bond donors (Lipinski definition) is 1. The molecule has 0 aliphatic carbocycles. The largest absolute Gasteiger partial charge is 0.337 e. The molecule has 3 rings (SSSR count). The van der Waals surface area contributed by atoms with Gasteiger partial charge in [0.25, 0.3) is 10.0 Å². The molecule has 106 valence electrons. The van der Waals surface area contributed by atoms with E-state index < -0.39 is 10.0 Å². The van der Waals surface area contributed by atoms with Crippen LogP contribution in [0.15, 0.2) is 29.0 Å². The molecule has 3 heterocycles. The molecule has 3 aromatic heterocycles. The lowest BCUT2D eigenvalue weighted by atomic mass is 10.6. The SMILES string of the molecule is Cn1ccnc1CNS(=O)(=O)c1c(Cl)nc2sccn12. The minimum Gasteiger partial charge on any atom is -0.337 e. The van der Waals surface area contributed by atoms with Crippen molar-refractivity contribution in [3.63, 3.8) is 0 Å². The van der Waals surface area contributed by atoms with Gasteiger partial charge < -0.3 is 4.57 Å². The van der Waals surface area contributed by atoms with Crippen LogP contribution in [0.3, 0.4) is 0 Å². The third-order valence-corrected chi connectivity index (χ3v) is 5.33. The van der Waals surface area contributed by atoms with Crippen LogP contribution in [0, 0.1) is 0 Å². The van der Waals surface area contributed by atoms with Gasteiger partial charge >= 0.3 is 0 Å². The van der Waals surface area contributed by atoms with Crippen LogP contribution in [0.1, 0.15) is 5.82 Å². The molecular formula is C10H10ClN5O2S2. The molecule has 0 fully saturated rings. The molecule has 0 aliphatic heterocycles. The topological polar surface area (TPSA) is 81.3 Å². The van der Waals surface area contributed by atoms with Gasteiger partial charge in [0.15, 0.2) is 15.1 Å². The zero-order valence-electron chi connectivity index (χ0n) is 10.3. The number of sulfonamides is 1. The second-order valence-electron chi connectivity index (χ2n) is 4.04. The molecular weight excluding hydrogens is 322 g/mol. The summed E-state index contributed by atoms with van der Waals surface area (Å²) < 4.78 is 30.4. The molecule has 1 N–H and O–H groups in total. The van der Waals surface area contributed by atoms with Crippen LogP contribution in [0.2, 0.25) is 5.15 Å². The van der Waals surface area contributed by atoms with Gasteiger partial charge in [-0.3, -0.25) is 4.40 Å². The first-order chi connectivity index (χ1) is 9.49. The van der Waals surface area contributed by atoms with Gasteiger partial charge in [0.05, 0.1) is 6.54 Å². The first kappa shape index (κ1) is 13.6. The Morgan fingerprint density at radius 2 is 2.25 bits per heavy atom. The summed E-state index contributed by atoms with van der Waals surface area (Å²) in [5.41, 5.74) is 0. The number of nitrogens with zero attached hydrogens (tertiary/aromatic N) is 4. The molecule has 7 nitrogen and oxygen atoms in total. The Kier molecular flexibility index (Phi) is 3.28. The fraction of sp³-hybridized carbons (Fsp3) is 0.200. The van der Waals surface area contributed by atoms with Crippen LogP contribution in [0.5, 0.6) is 0 Å². The average molecular weight is 332 g/mol. The second kappa shape index (κ2) is 4.85. The Balaban J connectivity index is 1.94. The lowest BCUT2D eigenvalue weighted by Gasteiger charge is -2.06. The van der Waals surface area contributed by atoms with Gasteiger partial charge in [0, 0.05) is 31.0 Å². The molecule has 0 aromatic carbocycles. The molecule has 0 radical (unpaired) electrons. The number of rotatable bonds is 4. The second-order valence-corrected chi connectivity index (χ2v) is 6.96. The fourth-order valence-electron chi connectivity index (χ4n) is 1.77. The summed E-state index contributed by atoms with van der Waals surface area (Å²) in [5, 5.41) is 1.66. The van der Waals surface area contributed by atoms with E-state index in [0.717, 1.165) is 0 Å². The van der Waals surface area contributed by atoms with E-state index in [1.807, 2.05) is 0 Å². The van der Waals surface area contributed by atoms with E-state index in [9.17, 15) is 8.42 Å². The van der Waals surface area contributed by atoms with E-state index in [-0.39, 0.29) is 16.7 Å². The quantitative estimate of drug-likeness (QED) is 0.780. The average Bonchev–Trinajstić information content (AvgIpc) is 3.02. The van der Waals surface area contributed by atoms with Gasteiger partial charge in [-0.15, -0.1) is 11.3 Å². The maximum Gasteiger partial charge on any atom is 0.260 e. The molecule has 0 amide bonds. The highest BCUT2D eigenvalue weighted by molar-refractivity contribution is 7.89. The number of aromatic nitrogens is 4. The van der Waals surface area contributed by atoms with Crippen LogP contribution in [0.25, 0.3) is 4.96 Å². The van der Waals surface area contributed by atoms with Crippen LogP contribution in [0.4, 0.5) is 0 Å². The Hall–Kier alpha value is -1.42. The number of thiazole rings is 1. The molecule has 0 bridgehead atoms. The van der Waals surface area contributed by atoms with Crippen molar-refractivity contribution >= 4 is 37.9 Å². The molecule has 3 aromatic rings.